The summed E-state index contributed by atoms with van der Waals surface area (Å²) in [6.45, 7) is 11.0. The SMILES string of the molecule is Cc1cccc(CN=C(NCCCN2CCOCC2)NCc2nnc(C)n2C)c1.I. The number of halogens is 1. The van der Waals surface area contributed by atoms with Gasteiger partial charge in [0.1, 0.15) is 5.82 Å². The van der Waals surface area contributed by atoms with Crippen molar-refractivity contribution < 1.29 is 4.74 Å². The van der Waals surface area contributed by atoms with Crippen LogP contribution in [-0.4, -0.2) is 65.0 Å². The van der Waals surface area contributed by atoms with Crippen molar-refractivity contribution in [2.24, 2.45) is 12.0 Å². The molecule has 0 amide bonds. The molecule has 0 unspecified atom stereocenters. The first-order valence-corrected chi connectivity index (χ1v) is 10.3. The van der Waals surface area contributed by atoms with Gasteiger partial charge in [-0.3, -0.25) is 4.90 Å². The quantitative estimate of drug-likeness (QED) is 0.237. The van der Waals surface area contributed by atoms with E-state index in [-0.39, 0.29) is 24.0 Å². The normalized spacial score (nSPS) is 15.0. The number of benzene rings is 1. The van der Waals surface area contributed by atoms with Crippen molar-refractivity contribution in [2.75, 3.05) is 39.4 Å². The predicted molar refractivity (Wildman–Crippen MR) is 130 cm³/mol. The van der Waals surface area contributed by atoms with Crippen LogP contribution in [0.4, 0.5) is 0 Å². The molecule has 0 radical (unpaired) electrons. The molecule has 1 aliphatic heterocycles. The number of rotatable bonds is 8. The lowest BCUT2D eigenvalue weighted by atomic mass is 10.1. The number of hydrogen-bond donors (Lipinski definition) is 2. The molecule has 1 aliphatic rings. The smallest absolute Gasteiger partial charge is 0.191 e. The van der Waals surface area contributed by atoms with E-state index in [0.717, 1.165) is 63.4 Å². The van der Waals surface area contributed by atoms with Gasteiger partial charge in [-0.2, -0.15) is 0 Å². The zero-order chi connectivity index (χ0) is 20.5. The highest BCUT2D eigenvalue weighted by molar-refractivity contribution is 14.0. The molecular formula is C21H34IN7O. The van der Waals surface area contributed by atoms with Crippen molar-refractivity contribution in [3.8, 4) is 0 Å². The van der Waals surface area contributed by atoms with E-state index in [1.54, 1.807) is 0 Å². The summed E-state index contributed by atoms with van der Waals surface area (Å²) in [7, 11) is 1.98. The average molecular weight is 527 g/mol. The third kappa shape index (κ3) is 7.84. The summed E-state index contributed by atoms with van der Waals surface area (Å²) in [6.07, 6.45) is 1.06. The van der Waals surface area contributed by atoms with Crippen LogP contribution in [0, 0.1) is 13.8 Å². The summed E-state index contributed by atoms with van der Waals surface area (Å²) in [5.74, 6) is 2.59. The highest BCUT2D eigenvalue weighted by atomic mass is 127. The Morgan fingerprint density at radius 3 is 2.67 bits per heavy atom. The molecule has 9 heteroatoms. The zero-order valence-corrected chi connectivity index (χ0v) is 20.6. The van der Waals surface area contributed by atoms with Gasteiger partial charge in [0.15, 0.2) is 11.8 Å². The molecule has 0 saturated carbocycles. The average Bonchev–Trinajstić information content (AvgIpc) is 3.05. The predicted octanol–water partition coefficient (Wildman–Crippen LogP) is 2.01. The van der Waals surface area contributed by atoms with E-state index in [2.05, 4.69) is 56.9 Å². The highest BCUT2D eigenvalue weighted by Gasteiger charge is 2.10. The molecule has 1 fully saturated rings. The number of morpholine rings is 1. The number of aromatic nitrogens is 3. The van der Waals surface area contributed by atoms with E-state index >= 15 is 0 Å². The Bertz CT molecular complexity index is 802. The summed E-state index contributed by atoms with van der Waals surface area (Å²) < 4.78 is 7.40. The lowest BCUT2D eigenvalue weighted by molar-refractivity contribution is 0.0376. The van der Waals surface area contributed by atoms with Crippen LogP contribution in [0.1, 0.15) is 29.2 Å². The largest absolute Gasteiger partial charge is 0.379 e. The summed E-state index contributed by atoms with van der Waals surface area (Å²) in [4.78, 5) is 7.22. The van der Waals surface area contributed by atoms with E-state index in [9.17, 15) is 0 Å². The number of ether oxygens (including phenoxy) is 1. The van der Waals surface area contributed by atoms with Crippen molar-refractivity contribution in [1.29, 1.82) is 0 Å². The van der Waals surface area contributed by atoms with Gasteiger partial charge in [0.05, 0.1) is 26.3 Å². The lowest BCUT2D eigenvalue weighted by Gasteiger charge is -2.26. The minimum Gasteiger partial charge on any atom is -0.379 e. The first kappa shape index (κ1) is 24.5. The molecule has 0 spiro atoms. The van der Waals surface area contributed by atoms with E-state index in [0.29, 0.717) is 13.1 Å². The maximum absolute atomic E-state index is 5.41. The molecule has 166 valence electrons. The molecule has 2 aromatic rings. The fraction of sp³-hybridized carbons (Fsp3) is 0.571. The topological polar surface area (TPSA) is 79.6 Å². The monoisotopic (exact) mass is 527 g/mol. The minimum atomic E-state index is 0. The lowest BCUT2D eigenvalue weighted by Crippen LogP contribution is -2.40. The molecule has 0 bridgehead atoms. The van der Waals surface area contributed by atoms with Crippen molar-refractivity contribution in [2.45, 2.75) is 33.4 Å². The second-order valence-electron chi connectivity index (χ2n) is 7.46. The van der Waals surface area contributed by atoms with Crippen LogP contribution in [0.25, 0.3) is 0 Å². The fourth-order valence-corrected chi connectivity index (χ4v) is 3.26. The molecule has 30 heavy (non-hydrogen) atoms. The van der Waals surface area contributed by atoms with E-state index < -0.39 is 0 Å². The Morgan fingerprint density at radius 1 is 1.17 bits per heavy atom. The number of nitrogens with one attached hydrogen (secondary N) is 2. The van der Waals surface area contributed by atoms with Gasteiger partial charge in [-0.25, -0.2) is 4.99 Å². The Balaban J connectivity index is 0.00000320. The van der Waals surface area contributed by atoms with Crippen molar-refractivity contribution in [3.63, 3.8) is 0 Å². The van der Waals surface area contributed by atoms with Gasteiger partial charge in [-0.1, -0.05) is 29.8 Å². The van der Waals surface area contributed by atoms with Gasteiger partial charge in [0.25, 0.3) is 0 Å². The zero-order valence-electron chi connectivity index (χ0n) is 18.2. The molecule has 1 aromatic heterocycles. The molecule has 1 aromatic carbocycles. The second kappa shape index (κ2) is 12.9. The van der Waals surface area contributed by atoms with Crippen LogP contribution in [0.5, 0.6) is 0 Å². The molecule has 0 aliphatic carbocycles. The van der Waals surface area contributed by atoms with Crippen LogP contribution in [-0.2, 0) is 24.9 Å². The molecule has 1 saturated heterocycles. The van der Waals surface area contributed by atoms with Crippen LogP contribution in [0.3, 0.4) is 0 Å². The maximum Gasteiger partial charge on any atom is 0.191 e. The van der Waals surface area contributed by atoms with E-state index in [4.69, 9.17) is 9.73 Å². The number of hydrogen-bond acceptors (Lipinski definition) is 5. The highest BCUT2D eigenvalue weighted by Crippen LogP contribution is 2.05. The Labute approximate surface area is 196 Å². The van der Waals surface area contributed by atoms with E-state index in [1.807, 2.05) is 18.5 Å². The van der Waals surface area contributed by atoms with Crippen LogP contribution in [0.2, 0.25) is 0 Å². The van der Waals surface area contributed by atoms with Gasteiger partial charge in [0, 0.05) is 26.7 Å². The third-order valence-corrected chi connectivity index (χ3v) is 5.15. The van der Waals surface area contributed by atoms with Gasteiger partial charge >= 0.3 is 0 Å². The molecule has 8 nitrogen and oxygen atoms in total. The molecular weight excluding hydrogens is 493 g/mol. The van der Waals surface area contributed by atoms with Crippen LogP contribution < -0.4 is 10.6 Å². The Morgan fingerprint density at radius 2 is 1.97 bits per heavy atom. The number of aryl methyl sites for hydroxylation is 2. The molecule has 3 rings (SSSR count). The second-order valence-corrected chi connectivity index (χ2v) is 7.46. The van der Waals surface area contributed by atoms with Crippen molar-refractivity contribution >= 4 is 29.9 Å². The van der Waals surface area contributed by atoms with Crippen LogP contribution in [0.15, 0.2) is 29.3 Å². The number of aliphatic imine (C=N–C) groups is 1. The van der Waals surface area contributed by atoms with Gasteiger partial charge in [-0.05, 0) is 32.4 Å². The number of nitrogens with zero attached hydrogens (tertiary/aromatic N) is 5. The Hall–Kier alpha value is -1.72. The Kier molecular flexibility index (Phi) is 10.5. The van der Waals surface area contributed by atoms with Crippen molar-refractivity contribution in [1.82, 2.24) is 30.3 Å². The van der Waals surface area contributed by atoms with Gasteiger partial charge in [0.2, 0.25) is 0 Å². The fourth-order valence-electron chi connectivity index (χ4n) is 3.26. The summed E-state index contributed by atoms with van der Waals surface area (Å²) in [5.41, 5.74) is 2.45. The molecule has 0 atom stereocenters. The summed E-state index contributed by atoms with van der Waals surface area (Å²) in [5, 5.41) is 15.2. The summed E-state index contributed by atoms with van der Waals surface area (Å²) >= 11 is 0. The van der Waals surface area contributed by atoms with Crippen LogP contribution >= 0.6 is 24.0 Å². The number of guanidine groups is 1. The third-order valence-electron chi connectivity index (χ3n) is 5.15. The summed E-state index contributed by atoms with van der Waals surface area (Å²) in [6, 6.07) is 8.46. The van der Waals surface area contributed by atoms with Gasteiger partial charge < -0.3 is 19.9 Å². The maximum atomic E-state index is 5.41. The molecule has 2 N–H and O–H groups in total. The van der Waals surface area contributed by atoms with Crippen molar-refractivity contribution in [3.05, 3.63) is 47.0 Å². The first-order valence-electron chi connectivity index (χ1n) is 10.3. The molecule has 2 heterocycles. The minimum absolute atomic E-state index is 0. The standard InChI is InChI=1S/C21H33N7O.HI/c1-17-6-4-7-19(14-17)15-23-21(24-16-20-26-25-18(2)27(20)3)22-8-5-9-28-10-12-29-13-11-28;/h4,6-7,14H,5,8-13,15-16H2,1-3H3,(H2,22,23,24);1H. The van der Waals surface area contributed by atoms with E-state index in [1.165, 1.54) is 11.1 Å². The van der Waals surface area contributed by atoms with Gasteiger partial charge in [-0.15, -0.1) is 34.2 Å². The first-order chi connectivity index (χ1) is 14.1.